The number of carbonyl (C=O) groups excluding carboxylic acids is 2. The largest absolute Gasteiger partial charge is 0.444 e. The molecular formula is C16H24N4O3. The summed E-state index contributed by atoms with van der Waals surface area (Å²) in [5, 5.41) is 0. The molecule has 1 aromatic rings. The molecule has 0 atom stereocenters. The normalized spacial score (nSPS) is 16.1. The van der Waals surface area contributed by atoms with Gasteiger partial charge in [0.05, 0.1) is 6.20 Å². The lowest BCUT2D eigenvalue weighted by Gasteiger charge is -2.37. The van der Waals surface area contributed by atoms with E-state index in [0.717, 1.165) is 12.8 Å². The van der Waals surface area contributed by atoms with Crippen LogP contribution in [0.1, 0.15) is 44.1 Å². The van der Waals surface area contributed by atoms with Gasteiger partial charge in [-0.1, -0.05) is 0 Å². The van der Waals surface area contributed by atoms with Gasteiger partial charge in [-0.15, -0.1) is 0 Å². The Bertz CT molecular complexity index is 548. The average Bonchev–Trinajstić information content (AvgIpc) is 2.53. The molecule has 7 heteroatoms. The molecule has 0 unspecified atom stereocenters. The predicted octanol–water partition coefficient (Wildman–Crippen LogP) is 1.95. The molecule has 0 spiro atoms. The summed E-state index contributed by atoms with van der Waals surface area (Å²) in [6.45, 7) is 6.72. The van der Waals surface area contributed by atoms with Gasteiger partial charge < -0.3 is 14.5 Å². The molecule has 23 heavy (non-hydrogen) atoms. The van der Waals surface area contributed by atoms with Crippen LogP contribution < -0.4 is 0 Å². The summed E-state index contributed by atoms with van der Waals surface area (Å²) >= 11 is 0. The van der Waals surface area contributed by atoms with E-state index >= 15 is 0 Å². The van der Waals surface area contributed by atoms with Gasteiger partial charge in [0, 0.05) is 38.6 Å². The zero-order valence-electron chi connectivity index (χ0n) is 14.2. The number of hydrogen-bond acceptors (Lipinski definition) is 5. The first-order valence-electron chi connectivity index (χ1n) is 7.79. The number of piperidine rings is 1. The number of likely N-dealkylation sites (tertiary alicyclic amines) is 1. The van der Waals surface area contributed by atoms with Crippen LogP contribution in [0.4, 0.5) is 4.79 Å². The van der Waals surface area contributed by atoms with E-state index < -0.39 is 5.60 Å². The standard InChI is InChI=1S/C16H24N4O3/c1-16(2,3)23-15(22)20-9-5-12(6-10-20)19(4)14(21)13-11-17-7-8-18-13/h7-8,11-12H,5-6,9-10H2,1-4H3. The number of ether oxygens (including phenoxy) is 1. The first-order chi connectivity index (χ1) is 10.8. The molecule has 126 valence electrons. The summed E-state index contributed by atoms with van der Waals surface area (Å²) in [5.41, 5.74) is -0.156. The molecule has 0 N–H and O–H groups in total. The molecule has 0 bridgehead atoms. The number of rotatable bonds is 2. The maximum atomic E-state index is 12.4. The van der Waals surface area contributed by atoms with E-state index in [1.165, 1.54) is 18.6 Å². The second kappa shape index (κ2) is 6.93. The van der Waals surface area contributed by atoms with E-state index in [1.54, 1.807) is 16.8 Å². The second-order valence-corrected chi connectivity index (χ2v) is 6.71. The number of amides is 2. The van der Waals surface area contributed by atoms with Crippen molar-refractivity contribution in [2.24, 2.45) is 0 Å². The lowest BCUT2D eigenvalue weighted by molar-refractivity contribution is 0.0159. The third-order valence-electron chi connectivity index (χ3n) is 3.77. The molecule has 0 saturated carbocycles. The lowest BCUT2D eigenvalue weighted by Crippen LogP contribution is -2.48. The van der Waals surface area contributed by atoms with Gasteiger partial charge in [0.2, 0.25) is 0 Å². The van der Waals surface area contributed by atoms with Gasteiger partial charge in [-0.25, -0.2) is 9.78 Å². The van der Waals surface area contributed by atoms with Crippen molar-refractivity contribution in [2.75, 3.05) is 20.1 Å². The summed E-state index contributed by atoms with van der Waals surface area (Å²) in [6, 6.07) is 0.0863. The van der Waals surface area contributed by atoms with Crippen LogP contribution in [0.15, 0.2) is 18.6 Å². The lowest BCUT2D eigenvalue weighted by atomic mass is 10.0. The summed E-state index contributed by atoms with van der Waals surface area (Å²) in [4.78, 5) is 35.8. The number of carbonyl (C=O) groups is 2. The van der Waals surface area contributed by atoms with Crippen molar-refractivity contribution < 1.29 is 14.3 Å². The van der Waals surface area contributed by atoms with Crippen LogP contribution in [0.2, 0.25) is 0 Å². The Kier molecular flexibility index (Phi) is 5.18. The number of hydrogen-bond donors (Lipinski definition) is 0. The van der Waals surface area contributed by atoms with Crippen LogP contribution in [-0.2, 0) is 4.74 Å². The maximum Gasteiger partial charge on any atom is 0.410 e. The van der Waals surface area contributed by atoms with Gasteiger partial charge in [0.15, 0.2) is 0 Å². The Labute approximate surface area is 136 Å². The number of aromatic nitrogens is 2. The minimum absolute atomic E-state index is 0.0863. The molecule has 1 fully saturated rings. The van der Waals surface area contributed by atoms with Gasteiger partial charge in [0.1, 0.15) is 11.3 Å². The second-order valence-electron chi connectivity index (χ2n) is 6.71. The van der Waals surface area contributed by atoms with Crippen LogP contribution in [0.5, 0.6) is 0 Å². The summed E-state index contributed by atoms with van der Waals surface area (Å²) < 4.78 is 5.38. The van der Waals surface area contributed by atoms with Crippen LogP contribution >= 0.6 is 0 Å². The van der Waals surface area contributed by atoms with Crippen molar-refractivity contribution >= 4 is 12.0 Å². The van der Waals surface area contributed by atoms with E-state index in [2.05, 4.69) is 9.97 Å². The third kappa shape index (κ3) is 4.64. The zero-order chi connectivity index (χ0) is 17.0. The monoisotopic (exact) mass is 320 g/mol. The fourth-order valence-electron chi connectivity index (χ4n) is 2.52. The van der Waals surface area contributed by atoms with Crippen molar-refractivity contribution in [3.63, 3.8) is 0 Å². The van der Waals surface area contributed by atoms with E-state index in [4.69, 9.17) is 4.74 Å². The first kappa shape index (κ1) is 17.2. The minimum atomic E-state index is -0.493. The van der Waals surface area contributed by atoms with Gasteiger partial charge in [-0.05, 0) is 33.6 Å². The van der Waals surface area contributed by atoms with E-state index in [-0.39, 0.29) is 18.0 Å². The molecular weight excluding hydrogens is 296 g/mol. The molecule has 1 aromatic heterocycles. The fraction of sp³-hybridized carbons (Fsp3) is 0.625. The first-order valence-corrected chi connectivity index (χ1v) is 7.79. The minimum Gasteiger partial charge on any atom is -0.444 e. The topological polar surface area (TPSA) is 75.6 Å². The Morgan fingerprint density at radius 3 is 2.43 bits per heavy atom. The van der Waals surface area contributed by atoms with Gasteiger partial charge in [-0.2, -0.15) is 0 Å². The maximum absolute atomic E-state index is 12.4. The predicted molar refractivity (Wildman–Crippen MR) is 85.0 cm³/mol. The summed E-state index contributed by atoms with van der Waals surface area (Å²) in [6.07, 6.45) is 5.67. The van der Waals surface area contributed by atoms with Crippen LogP contribution in [0.25, 0.3) is 0 Å². The quantitative estimate of drug-likeness (QED) is 0.832. The molecule has 1 saturated heterocycles. The SMILES string of the molecule is CN(C(=O)c1cnccn1)C1CCN(C(=O)OC(C)(C)C)CC1. The van der Waals surface area contributed by atoms with Crippen molar-refractivity contribution in [2.45, 2.75) is 45.3 Å². The van der Waals surface area contributed by atoms with Gasteiger partial charge in [0.25, 0.3) is 5.91 Å². The van der Waals surface area contributed by atoms with Crippen LogP contribution in [0.3, 0.4) is 0 Å². The van der Waals surface area contributed by atoms with Crippen molar-refractivity contribution in [3.05, 3.63) is 24.3 Å². The highest BCUT2D eigenvalue weighted by atomic mass is 16.6. The highest BCUT2D eigenvalue weighted by molar-refractivity contribution is 5.92. The van der Waals surface area contributed by atoms with Crippen molar-refractivity contribution in [1.82, 2.24) is 19.8 Å². The average molecular weight is 320 g/mol. The van der Waals surface area contributed by atoms with Crippen LogP contribution in [-0.4, -0.2) is 63.5 Å². The van der Waals surface area contributed by atoms with Gasteiger partial charge in [-0.3, -0.25) is 9.78 Å². The molecule has 2 amide bonds. The molecule has 1 aliphatic heterocycles. The molecule has 0 aromatic carbocycles. The van der Waals surface area contributed by atoms with E-state index in [9.17, 15) is 9.59 Å². The molecule has 0 radical (unpaired) electrons. The summed E-state index contributed by atoms with van der Waals surface area (Å²) in [5.74, 6) is -0.145. The molecule has 2 rings (SSSR count). The van der Waals surface area contributed by atoms with E-state index in [0.29, 0.717) is 18.8 Å². The highest BCUT2D eigenvalue weighted by Gasteiger charge is 2.30. The van der Waals surface area contributed by atoms with Crippen LogP contribution in [0, 0.1) is 0 Å². The van der Waals surface area contributed by atoms with Gasteiger partial charge >= 0.3 is 6.09 Å². The third-order valence-corrected chi connectivity index (χ3v) is 3.77. The Balaban J connectivity index is 1.89. The number of nitrogens with zero attached hydrogens (tertiary/aromatic N) is 4. The Morgan fingerprint density at radius 2 is 1.91 bits per heavy atom. The van der Waals surface area contributed by atoms with Crippen molar-refractivity contribution in [1.29, 1.82) is 0 Å². The summed E-state index contributed by atoms with van der Waals surface area (Å²) in [7, 11) is 1.77. The van der Waals surface area contributed by atoms with Crippen molar-refractivity contribution in [3.8, 4) is 0 Å². The Morgan fingerprint density at radius 1 is 1.26 bits per heavy atom. The molecule has 2 heterocycles. The highest BCUT2D eigenvalue weighted by Crippen LogP contribution is 2.19. The molecule has 1 aliphatic rings. The fourth-order valence-corrected chi connectivity index (χ4v) is 2.52. The molecule has 7 nitrogen and oxygen atoms in total. The van der Waals surface area contributed by atoms with E-state index in [1.807, 2.05) is 20.8 Å². The Hall–Kier alpha value is -2.18. The zero-order valence-corrected chi connectivity index (χ0v) is 14.2. The smallest absolute Gasteiger partial charge is 0.410 e. The molecule has 0 aliphatic carbocycles.